The molecule has 6 nitrogen and oxygen atoms in total. The van der Waals surface area contributed by atoms with E-state index in [1.165, 1.54) is 18.2 Å². The van der Waals surface area contributed by atoms with Gasteiger partial charge in [0.25, 0.3) is 11.6 Å². The lowest BCUT2D eigenvalue weighted by molar-refractivity contribution is -0.384. The third-order valence-electron chi connectivity index (χ3n) is 3.66. The zero-order chi connectivity index (χ0) is 15.9. The van der Waals surface area contributed by atoms with Crippen molar-refractivity contribution in [2.75, 3.05) is 5.32 Å². The molecule has 22 heavy (non-hydrogen) atoms. The molecule has 1 aliphatic heterocycles. The van der Waals surface area contributed by atoms with Gasteiger partial charge in [0.2, 0.25) is 0 Å². The number of carbonyl (C=O) groups excluding carboxylic acids is 1. The Bertz CT molecular complexity index is 841. The highest BCUT2D eigenvalue weighted by molar-refractivity contribution is 6.54. The highest BCUT2D eigenvalue weighted by Crippen LogP contribution is 2.29. The van der Waals surface area contributed by atoms with E-state index in [-0.39, 0.29) is 17.3 Å². The number of rotatable bonds is 2. The summed E-state index contributed by atoms with van der Waals surface area (Å²) in [6.07, 6.45) is 0. The van der Waals surface area contributed by atoms with E-state index in [0.29, 0.717) is 16.9 Å². The maximum absolute atomic E-state index is 12.1. The lowest BCUT2D eigenvalue weighted by atomic mass is 10.1. The molecule has 1 amide bonds. The normalized spacial score (nSPS) is 14.8. The monoisotopic (exact) mass is 295 g/mol. The number of aryl methyl sites for hydroxylation is 2. The summed E-state index contributed by atoms with van der Waals surface area (Å²) in [6, 6.07) is 9.87. The lowest BCUT2D eigenvalue weighted by Gasteiger charge is -2.02. The minimum Gasteiger partial charge on any atom is -0.320 e. The van der Waals surface area contributed by atoms with Gasteiger partial charge in [-0.25, -0.2) is 4.99 Å². The number of benzene rings is 2. The van der Waals surface area contributed by atoms with Crippen LogP contribution in [-0.4, -0.2) is 16.5 Å². The molecular formula is C16H13N3O3. The van der Waals surface area contributed by atoms with Crippen LogP contribution in [0.1, 0.15) is 16.7 Å². The second-order valence-electron chi connectivity index (χ2n) is 5.17. The Kier molecular flexibility index (Phi) is 3.21. The Labute approximate surface area is 126 Å². The van der Waals surface area contributed by atoms with Crippen LogP contribution in [0.3, 0.4) is 0 Å². The molecule has 6 heteroatoms. The van der Waals surface area contributed by atoms with E-state index in [4.69, 9.17) is 0 Å². The maximum atomic E-state index is 12.1. The number of nitro groups is 1. The van der Waals surface area contributed by atoms with E-state index in [0.717, 1.165) is 11.1 Å². The second-order valence-corrected chi connectivity index (χ2v) is 5.17. The van der Waals surface area contributed by atoms with E-state index in [1.807, 2.05) is 32.0 Å². The number of hydrogen-bond donors (Lipinski definition) is 1. The van der Waals surface area contributed by atoms with Gasteiger partial charge in [-0.1, -0.05) is 6.07 Å². The highest BCUT2D eigenvalue weighted by Gasteiger charge is 2.28. The standard InChI is InChI=1S/C16H13N3O3/c1-9-3-4-11(7-10(9)2)17-15-13-8-12(19(21)22)5-6-14(13)18-16(15)20/h3-8H,1-2H3,(H,17,18,20). The molecule has 0 unspecified atom stereocenters. The third-order valence-corrected chi connectivity index (χ3v) is 3.66. The summed E-state index contributed by atoms with van der Waals surface area (Å²) in [4.78, 5) is 26.8. The fourth-order valence-electron chi connectivity index (χ4n) is 2.29. The fourth-order valence-corrected chi connectivity index (χ4v) is 2.29. The van der Waals surface area contributed by atoms with Gasteiger partial charge in [-0.3, -0.25) is 14.9 Å². The van der Waals surface area contributed by atoms with Crippen LogP contribution >= 0.6 is 0 Å². The minimum absolute atomic E-state index is 0.0666. The number of fused-ring (bicyclic) bond motifs is 1. The number of aliphatic imine (C=N–C) groups is 1. The van der Waals surface area contributed by atoms with E-state index in [9.17, 15) is 14.9 Å². The molecule has 2 aromatic carbocycles. The van der Waals surface area contributed by atoms with Gasteiger partial charge in [-0.15, -0.1) is 0 Å². The summed E-state index contributed by atoms with van der Waals surface area (Å²) in [7, 11) is 0. The summed E-state index contributed by atoms with van der Waals surface area (Å²) >= 11 is 0. The number of nitro benzene ring substituents is 1. The molecule has 1 heterocycles. The zero-order valence-electron chi connectivity index (χ0n) is 12.1. The summed E-state index contributed by atoms with van der Waals surface area (Å²) in [5.41, 5.74) is 3.98. The molecule has 3 rings (SSSR count). The van der Waals surface area contributed by atoms with Gasteiger partial charge < -0.3 is 5.32 Å². The van der Waals surface area contributed by atoms with Gasteiger partial charge in [0.1, 0.15) is 5.71 Å². The molecule has 0 fully saturated rings. The van der Waals surface area contributed by atoms with Crippen molar-refractivity contribution in [1.82, 2.24) is 0 Å². The molecule has 110 valence electrons. The molecule has 1 aliphatic rings. The molecule has 0 radical (unpaired) electrons. The molecule has 0 aromatic heterocycles. The Hall–Kier alpha value is -3.02. The number of non-ortho nitro benzene ring substituents is 1. The van der Waals surface area contributed by atoms with Crippen molar-refractivity contribution in [3.8, 4) is 0 Å². The van der Waals surface area contributed by atoms with Crippen LogP contribution in [0, 0.1) is 24.0 Å². The molecule has 2 aromatic rings. The quantitative estimate of drug-likeness (QED) is 0.681. The molecule has 0 atom stereocenters. The fraction of sp³-hybridized carbons (Fsp3) is 0.125. The van der Waals surface area contributed by atoms with Crippen LogP contribution in [0.25, 0.3) is 0 Å². The molecule has 0 bridgehead atoms. The number of nitrogens with one attached hydrogen (secondary N) is 1. The zero-order valence-corrected chi connectivity index (χ0v) is 12.1. The average molecular weight is 295 g/mol. The Morgan fingerprint density at radius 1 is 1.09 bits per heavy atom. The third kappa shape index (κ3) is 2.35. The SMILES string of the molecule is Cc1ccc(N=C2C(=O)Nc3ccc([N+](=O)[O-])cc32)cc1C. The van der Waals surface area contributed by atoms with E-state index < -0.39 is 4.92 Å². The number of carbonyl (C=O) groups is 1. The topological polar surface area (TPSA) is 84.6 Å². The molecule has 0 aliphatic carbocycles. The predicted octanol–water partition coefficient (Wildman–Crippen LogP) is 3.28. The number of hydrogen-bond acceptors (Lipinski definition) is 4. The van der Waals surface area contributed by atoms with Crippen molar-refractivity contribution in [1.29, 1.82) is 0 Å². The van der Waals surface area contributed by atoms with Crippen molar-refractivity contribution in [2.24, 2.45) is 4.99 Å². The van der Waals surface area contributed by atoms with Crippen molar-refractivity contribution < 1.29 is 9.72 Å². The van der Waals surface area contributed by atoms with Crippen LogP contribution < -0.4 is 5.32 Å². The lowest BCUT2D eigenvalue weighted by Crippen LogP contribution is -2.13. The molecule has 0 saturated carbocycles. The van der Waals surface area contributed by atoms with Crippen LogP contribution in [0.15, 0.2) is 41.4 Å². The number of nitrogens with zero attached hydrogens (tertiary/aromatic N) is 2. The van der Waals surface area contributed by atoms with E-state index in [2.05, 4.69) is 10.3 Å². The van der Waals surface area contributed by atoms with Gasteiger partial charge in [-0.2, -0.15) is 0 Å². The molecular weight excluding hydrogens is 282 g/mol. The first-order valence-electron chi connectivity index (χ1n) is 6.72. The number of anilines is 1. The number of amides is 1. The van der Waals surface area contributed by atoms with E-state index >= 15 is 0 Å². The van der Waals surface area contributed by atoms with Gasteiger partial charge in [-0.05, 0) is 43.2 Å². The van der Waals surface area contributed by atoms with Crippen LogP contribution in [-0.2, 0) is 4.79 Å². The van der Waals surface area contributed by atoms with Gasteiger partial charge in [0, 0.05) is 17.7 Å². The molecule has 0 spiro atoms. The largest absolute Gasteiger partial charge is 0.320 e. The molecule has 0 saturated heterocycles. The highest BCUT2D eigenvalue weighted by atomic mass is 16.6. The van der Waals surface area contributed by atoms with Crippen molar-refractivity contribution in [3.63, 3.8) is 0 Å². The Morgan fingerprint density at radius 3 is 2.55 bits per heavy atom. The first-order valence-corrected chi connectivity index (χ1v) is 6.72. The van der Waals surface area contributed by atoms with Crippen molar-refractivity contribution >= 4 is 28.7 Å². The first kappa shape index (κ1) is 13.9. The first-order chi connectivity index (χ1) is 10.5. The second kappa shape index (κ2) is 5.07. The minimum atomic E-state index is -0.489. The van der Waals surface area contributed by atoms with Crippen LogP contribution in [0.5, 0.6) is 0 Å². The predicted molar refractivity (Wildman–Crippen MR) is 83.8 cm³/mol. The van der Waals surface area contributed by atoms with Crippen LogP contribution in [0.4, 0.5) is 17.1 Å². The maximum Gasteiger partial charge on any atom is 0.275 e. The summed E-state index contributed by atoms with van der Waals surface area (Å²) in [6.45, 7) is 3.96. The smallest absolute Gasteiger partial charge is 0.275 e. The molecule has 1 N–H and O–H groups in total. The Balaban J connectivity index is 2.10. The average Bonchev–Trinajstić information content (AvgIpc) is 2.78. The Morgan fingerprint density at radius 2 is 1.86 bits per heavy atom. The summed E-state index contributed by atoms with van der Waals surface area (Å²) in [5.74, 6) is -0.353. The van der Waals surface area contributed by atoms with Gasteiger partial charge in [0.05, 0.1) is 16.3 Å². The van der Waals surface area contributed by atoms with Gasteiger partial charge in [0.15, 0.2) is 0 Å². The summed E-state index contributed by atoms with van der Waals surface area (Å²) in [5, 5.41) is 13.6. The van der Waals surface area contributed by atoms with Crippen LogP contribution in [0.2, 0.25) is 0 Å². The van der Waals surface area contributed by atoms with Crippen molar-refractivity contribution in [3.05, 3.63) is 63.2 Å². The van der Waals surface area contributed by atoms with Gasteiger partial charge >= 0.3 is 0 Å². The van der Waals surface area contributed by atoms with E-state index in [1.54, 1.807) is 0 Å². The van der Waals surface area contributed by atoms with Crippen molar-refractivity contribution in [2.45, 2.75) is 13.8 Å². The summed E-state index contributed by atoms with van der Waals surface area (Å²) < 4.78 is 0.